The second-order valence-electron chi connectivity index (χ2n) is 4.87. The fraction of sp³-hybridized carbons (Fsp3) is 0.462. The van der Waals surface area contributed by atoms with Crippen LogP contribution in [0.2, 0.25) is 0 Å². The lowest BCUT2D eigenvalue weighted by atomic mass is 10.3. The van der Waals surface area contributed by atoms with Gasteiger partial charge >= 0.3 is 0 Å². The van der Waals surface area contributed by atoms with Crippen LogP contribution in [0.4, 0.5) is 8.78 Å². The van der Waals surface area contributed by atoms with Crippen LogP contribution in [0.3, 0.4) is 0 Å². The van der Waals surface area contributed by atoms with Crippen molar-refractivity contribution >= 4 is 15.9 Å². The molecule has 0 unspecified atom stereocenters. The quantitative estimate of drug-likeness (QED) is 0.843. The van der Waals surface area contributed by atoms with Crippen molar-refractivity contribution in [2.24, 2.45) is 0 Å². The third kappa shape index (κ3) is 3.26. The summed E-state index contributed by atoms with van der Waals surface area (Å²) in [4.78, 5) is 12.3. The number of nitrogens with zero attached hydrogens (tertiary/aromatic N) is 2. The Kier molecular flexibility index (Phi) is 5.09. The fourth-order valence-corrected chi connectivity index (χ4v) is 3.83. The van der Waals surface area contributed by atoms with Gasteiger partial charge in [-0.2, -0.15) is 4.31 Å². The molecule has 1 aliphatic rings. The summed E-state index contributed by atoms with van der Waals surface area (Å²) in [6.45, 7) is 0.553. The highest BCUT2D eigenvalue weighted by Gasteiger charge is 2.33. The van der Waals surface area contributed by atoms with Gasteiger partial charge in [0.25, 0.3) is 0 Å². The number of amides is 1. The number of hydrogen-bond donors (Lipinski definition) is 1. The topological polar surface area (TPSA) is 69.7 Å². The third-order valence-corrected chi connectivity index (χ3v) is 5.39. The molecule has 1 aromatic carbocycles. The molecule has 9 heteroatoms. The lowest BCUT2D eigenvalue weighted by Gasteiger charge is -2.34. The number of carbonyl (C=O) groups excluding carboxylic acids is 1. The van der Waals surface area contributed by atoms with Crippen LogP contribution < -0.4 is 5.32 Å². The predicted molar refractivity (Wildman–Crippen MR) is 75.6 cm³/mol. The Labute approximate surface area is 127 Å². The van der Waals surface area contributed by atoms with E-state index in [-0.39, 0.29) is 38.6 Å². The van der Waals surface area contributed by atoms with Crippen LogP contribution in [0.15, 0.2) is 23.1 Å². The number of nitrogens with one attached hydrogen (secondary N) is 1. The standard InChI is InChI=1S/C13H17F2N3O3S/c1-16-9-12(19)17-5-7-18(8-6-17)22(20,21)13-10(14)3-2-4-11(13)15/h2-4,16H,5-9H2,1H3. The van der Waals surface area contributed by atoms with E-state index in [1.54, 1.807) is 7.05 Å². The minimum Gasteiger partial charge on any atom is -0.339 e. The molecule has 1 saturated heterocycles. The molecule has 1 heterocycles. The van der Waals surface area contributed by atoms with Crippen molar-refractivity contribution in [3.63, 3.8) is 0 Å². The summed E-state index contributed by atoms with van der Waals surface area (Å²) in [6, 6.07) is 2.92. The van der Waals surface area contributed by atoms with Gasteiger partial charge in [0, 0.05) is 26.2 Å². The molecule has 0 saturated carbocycles. The van der Waals surface area contributed by atoms with Gasteiger partial charge in [-0.25, -0.2) is 17.2 Å². The molecule has 0 atom stereocenters. The zero-order valence-corrected chi connectivity index (χ0v) is 12.9. The molecule has 0 aliphatic carbocycles. The number of benzene rings is 1. The van der Waals surface area contributed by atoms with E-state index in [0.717, 1.165) is 22.5 Å². The number of carbonyl (C=O) groups is 1. The van der Waals surface area contributed by atoms with Crippen molar-refractivity contribution in [2.75, 3.05) is 39.8 Å². The zero-order chi connectivity index (χ0) is 16.3. The molecule has 1 N–H and O–H groups in total. The summed E-state index contributed by atoms with van der Waals surface area (Å²) in [7, 11) is -2.62. The number of halogens is 2. The number of hydrogen-bond acceptors (Lipinski definition) is 4. The number of rotatable bonds is 4. The van der Waals surface area contributed by atoms with Gasteiger partial charge in [0.2, 0.25) is 15.9 Å². The molecule has 1 fully saturated rings. The lowest BCUT2D eigenvalue weighted by Crippen LogP contribution is -2.52. The van der Waals surface area contributed by atoms with Crippen LogP contribution in [-0.4, -0.2) is 63.3 Å². The minimum absolute atomic E-state index is 0.00552. The molecule has 22 heavy (non-hydrogen) atoms. The average Bonchev–Trinajstić information content (AvgIpc) is 2.47. The Morgan fingerprint density at radius 2 is 1.73 bits per heavy atom. The van der Waals surface area contributed by atoms with Crippen molar-refractivity contribution in [2.45, 2.75) is 4.90 Å². The van der Waals surface area contributed by atoms with E-state index in [1.807, 2.05) is 0 Å². The summed E-state index contributed by atoms with van der Waals surface area (Å²) in [6.07, 6.45) is 0. The Morgan fingerprint density at radius 3 is 2.23 bits per heavy atom. The van der Waals surface area contributed by atoms with Gasteiger partial charge in [-0.05, 0) is 19.2 Å². The first kappa shape index (κ1) is 16.8. The van der Waals surface area contributed by atoms with Gasteiger partial charge in [-0.3, -0.25) is 4.79 Å². The molecule has 122 valence electrons. The van der Waals surface area contributed by atoms with Gasteiger partial charge < -0.3 is 10.2 Å². The number of likely N-dealkylation sites (N-methyl/N-ethyl adjacent to an activating group) is 1. The first-order chi connectivity index (χ1) is 10.4. The van der Waals surface area contributed by atoms with E-state index in [4.69, 9.17) is 0 Å². The Morgan fingerprint density at radius 1 is 1.18 bits per heavy atom. The molecular formula is C13H17F2N3O3S. The van der Waals surface area contributed by atoms with Crippen molar-refractivity contribution in [1.29, 1.82) is 0 Å². The Hall–Kier alpha value is -1.58. The monoisotopic (exact) mass is 333 g/mol. The predicted octanol–water partition coefficient (Wildman–Crippen LogP) is 0.0171. The molecule has 0 aromatic heterocycles. The maximum Gasteiger partial charge on any atom is 0.249 e. The minimum atomic E-state index is -4.26. The van der Waals surface area contributed by atoms with Crippen molar-refractivity contribution < 1.29 is 22.0 Å². The highest BCUT2D eigenvalue weighted by molar-refractivity contribution is 7.89. The summed E-state index contributed by atoms with van der Waals surface area (Å²) in [5, 5.41) is 2.72. The fourth-order valence-electron chi connectivity index (χ4n) is 2.30. The normalized spacial score (nSPS) is 16.8. The van der Waals surface area contributed by atoms with Gasteiger partial charge in [0.15, 0.2) is 4.90 Å². The van der Waals surface area contributed by atoms with Crippen molar-refractivity contribution in [3.05, 3.63) is 29.8 Å². The summed E-state index contributed by atoms with van der Waals surface area (Å²) in [5.41, 5.74) is 0. The van der Waals surface area contributed by atoms with Crippen LogP contribution in [0.25, 0.3) is 0 Å². The number of piperazine rings is 1. The van der Waals surface area contributed by atoms with Crippen molar-refractivity contribution in [1.82, 2.24) is 14.5 Å². The second-order valence-corrected chi connectivity index (χ2v) is 6.74. The van der Waals surface area contributed by atoms with Crippen LogP contribution in [-0.2, 0) is 14.8 Å². The van der Waals surface area contributed by atoms with E-state index in [2.05, 4.69) is 5.32 Å². The van der Waals surface area contributed by atoms with E-state index in [9.17, 15) is 22.0 Å². The SMILES string of the molecule is CNCC(=O)N1CCN(S(=O)(=O)c2c(F)cccc2F)CC1. The van der Waals surface area contributed by atoms with Gasteiger partial charge in [0.1, 0.15) is 11.6 Å². The smallest absolute Gasteiger partial charge is 0.249 e. The third-order valence-electron chi connectivity index (χ3n) is 3.44. The van der Waals surface area contributed by atoms with Gasteiger partial charge in [-0.1, -0.05) is 6.07 Å². The number of sulfonamides is 1. The second kappa shape index (κ2) is 6.67. The average molecular weight is 333 g/mol. The molecule has 1 aliphatic heterocycles. The van der Waals surface area contributed by atoms with Gasteiger partial charge in [0.05, 0.1) is 6.54 Å². The van der Waals surface area contributed by atoms with Gasteiger partial charge in [-0.15, -0.1) is 0 Å². The van der Waals surface area contributed by atoms with E-state index in [1.165, 1.54) is 4.90 Å². The van der Waals surface area contributed by atoms with E-state index >= 15 is 0 Å². The first-order valence-corrected chi connectivity index (χ1v) is 8.18. The maximum absolute atomic E-state index is 13.7. The highest BCUT2D eigenvalue weighted by atomic mass is 32.2. The molecular weight excluding hydrogens is 316 g/mol. The summed E-state index contributed by atoms with van der Waals surface area (Å²) < 4.78 is 53.1. The van der Waals surface area contributed by atoms with Crippen LogP contribution in [0.5, 0.6) is 0 Å². The van der Waals surface area contributed by atoms with E-state index < -0.39 is 26.6 Å². The molecule has 0 radical (unpaired) electrons. The Balaban J connectivity index is 2.15. The summed E-state index contributed by atoms with van der Waals surface area (Å²) >= 11 is 0. The van der Waals surface area contributed by atoms with E-state index in [0.29, 0.717) is 0 Å². The van der Waals surface area contributed by atoms with Crippen molar-refractivity contribution in [3.8, 4) is 0 Å². The Bertz CT molecular complexity index is 638. The molecule has 2 rings (SSSR count). The summed E-state index contributed by atoms with van der Waals surface area (Å²) in [5.74, 6) is -2.38. The lowest BCUT2D eigenvalue weighted by molar-refractivity contribution is -0.131. The van der Waals surface area contributed by atoms with Crippen LogP contribution in [0.1, 0.15) is 0 Å². The maximum atomic E-state index is 13.7. The van der Waals surface area contributed by atoms with Crippen LogP contribution >= 0.6 is 0 Å². The molecule has 0 bridgehead atoms. The highest BCUT2D eigenvalue weighted by Crippen LogP contribution is 2.23. The zero-order valence-electron chi connectivity index (χ0n) is 12.1. The molecule has 1 amide bonds. The first-order valence-electron chi connectivity index (χ1n) is 6.74. The van der Waals surface area contributed by atoms with Crippen LogP contribution in [0, 0.1) is 11.6 Å². The molecule has 0 spiro atoms. The largest absolute Gasteiger partial charge is 0.339 e. The molecule has 6 nitrogen and oxygen atoms in total. The molecule has 1 aromatic rings.